The van der Waals surface area contributed by atoms with Gasteiger partial charge in [-0.1, -0.05) is 13.8 Å². The van der Waals surface area contributed by atoms with Crippen LogP contribution >= 0.6 is 0 Å². The molecule has 1 rings (SSSR count). The van der Waals surface area contributed by atoms with Gasteiger partial charge in [-0.3, -0.25) is 4.79 Å². The Morgan fingerprint density at radius 3 is 2.71 bits per heavy atom. The fourth-order valence-corrected chi connectivity index (χ4v) is 2.41. The van der Waals surface area contributed by atoms with Crippen LogP contribution in [-0.4, -0.2) is 49.6 Å². The number of amides is 1. The van der Waals surface area contributed by atoms with Gasteiger partial charge in [0.2, 0.25) is 5.91 Å². The van der Waals surface area contributed by atoms with Crippen molar-refractivity contribution < 1.29 is 4.79 Å². The molecule has 0 aromatic carbocycles. The van der Waals surface area contributed by atoms with Crippen LogP contribution in [0.1, 0.15) is 33.6 Å². The zero-order valence-electron chi connectivity index (χ0n) is 11.5. The normalized spacial score (nSPS) is 24.9. The zero-order chi connectivity index (χ0) is 12.7. The number of nitrogens with zero attached hydrogens (tertiary/aromatic N) is 1. The molecule has 0 bridgehead atoms. The molecule has 4 nitrogen and oxygen atoms in total. The molecular weight excluding hydrogens is 214 g/mol. The minimum absolute atomic E-state index is 0.153. The van der Waals surface area contributed by atoms with Gasteiger partial charge in [0.15, 0.2) is 0 Å². The molecule has 0 aromatic heterocycles. The lowest BCUT2D eigenvalue weighted by atomic mass is 9.91. The fourth-order valence-electron chi connectivity index (χ4n) is 2.41. The van der Waals surface area contributed by atoms with Crippen molar-refractivity contribution in [2.75, 3.05) is 32.7 Å². The molecule has 17 heavy (non-hydrogen) atoms. The monoisotopic (exact) mass is 241 g/mol. The summed E-state index contributed by atoms with van der Waals surface area (Å²) in [5, 5.41) is 6.42. The molecular formula is C13H27N3O. The predicted molar refractivity (Wildman–Crippen MR) is 71.0 cm³/mol. The number of nitrogens with one attached hydrogen (secondary N) is 2. The third kappa shape index (κ3) is 4.64. The molecule has 1 amide bonds. The summed E-state index contributed by atoms with van der Waals surface area (Å²) >= 11 is 0. The summed E-state index contributed by atoms with van der Waals surface area (Å²) in [7, 11) is 0. The number of hydrogen-bond acceptors (Lipinski definition) is 3. The Balaban J connectivity index is 2.24. The Labute approximate surface area is 105 Å². The van der Waals surface area contributed by atoms with Crippen molar-refractivity contribution >= 4 is 5.91 Å². The molecule has 0 aliphatic carbocycles. The van der Waals surface area contributed by atoms with Crippen LogP contribution in [-0.2, 0) is 4.79 Å². The van der Waals surface area contributed by atoms with E-state index in [1.165, 1.54) is 0 Å². The van der Waals surface area contributed by atoms with Crippen molar-refractivity contribution in [1.82, 2.24) is 15.5 Å². The maximum absolute atomic E-state index is 12.0. The first kappa shape index (κ1) is 14.5. The van der Waals surface area contributed by atoms with Gasteiger partial charge in [0.25, 0.3) is 0 Å². The first-order chi connectivity index (χ1) is 8.19. The Hall–Kier alpha value is -0.610. The molecule has 1 aliphatic rings. The average Bonchev–Trinajstić information content (AvgIpc) is 2.35. The molecule has 100 valence electrons. The third-order valence-corrected chi connectivity index (χ3v) is 3.72. The number of carbonyl (C=O) groups is 1. The number of rotatable bonds is 6. The molecule has 0 aromatic rings. The Bertz CT molecular complexity index is 229. The van der Waals surface area contributed by atoms with Crippen LogP contribution in [0.5, 0.6) is 0 Å². The van der Waals surface area contributed by atoms with Gasteiger partial charge < -0.3 is 15.5 Å². The maximum atomic E-state index is 12.0. The summed E-state index contributed by atoms with van der Waals surface area (Å²) in [6.45, 7) is 11.3. The highest BCUT2D eigenvalue weighted by atomic mass is 16.1. The molecule has 1 fully saturated rings. The Kier molecular flexibility index (Phi) is 6.52. The van der Waals surface area contributed by atoms with Gasteiger partial charge in [0.05, 0.1) is 5.92 Å². The highest BCUT2D eigenvalue weighted by Gasteiger charge is 2.26. The Morgan fingerprint density at radius 1 is 1.41 bits per heavy atom. The van der Waals surface area contributed by atoms with Crippen LogP contribution < -0.4 is 10.6 Å². The second-order valence-electron chi connectivity index (χ2n) is 4.81. The van der Waals surface area contributed by atoms with Crippen molar-refractivity contribution in [3.8, 4) is 0 Å². The van der Waals surface area contributed by atoms with E-state index in [1.54, 1.807) is 0 Å². The van der Waals surface area contributed by atoms with Crippen LogP contribution in [0.2, 0.25) is 0 Å². The largest absolute Gasteiger partial charge is 0.355 e. The quantitative estimate of drug-likeness (QED) is 0.724. The maximum Gasteiger partial charge on any atom is 0.224 e. The molecule has 1 aliphatic heterocycles. The summed E-state index contributed by atoms with van der Waals surface area (Å²) in [5.41, 5.74) is 0. The van der Waals surface area contributed by atoms with E-state index >= 15 is 0 Å². The van der Waals surface area contributed by atoms with Crippen LogP contribution in [0, 0.1) is 5.92 Å². The van der Waals surface area contributed by atoms with Gasteiger partial charge in [0, 0.05) is 19.1 Å². The SMILES string of the molecule is CCN(CC)CCNC(=O)[C@@H]1CCCN[C@H]1C. The van der Waals surface area contributed by atoms with E-state index in [0.717, 1.165) is 45.6 Å². The number of hydrogen-bond donors (Lipinski definition) is 2. The summed E-state index contributed by atoms with van der Waals surface area (Å²) in [6.07, 6.45) is 2.13. The minimum Gasteiger partial charge on any atom is -0.355 e. The van der Waals surface area contributed by atoms with E-state index in [-0.39, 0.29) is 11.8 Å². The highest BCUT2D eigenvalue weighted by Crippen LogP contribution is 2.15. The predicted octanol–water partition coefficient (Wildman–Crippen LogP) is 0.833. The number of piperidine rings is 1. The average molecular weight is 241 g/mol. The summed E-state index contributed by atoms with van der Waals surface area (Å²) in [4.78, 5) is 14.3. The lowest BCUT2D eigenvalue weighted by Gasteiger charge is -2.29. The zero-order valence-corrected chi connectivity index (χ0v) is 11.5. The van der Waals surface area contributed by atoms with E-state index in [0.29, 0.717) is 6.04 Å². The molecule has 1 saturated heterocycles. The van der Waals surface area contributed by atoms with Gasteiger partial charge in [-0.15, -0.1) is 0 Å². The number of carbonyl (C=O) groups excluding carboxylic acids is 1. The standard InChI is InChI=1S/C13H27N3O/c1-4-16(5-2)10-9-15-13(17)12-7-6-8-14-11(12)3/h11-12,14H,4-10H2,1-3H3,(H,15,17)/t11-,12+/m0/s1. The van der Waals surface area contributed by atoms with Crippen LogP contribution in [0.15, 0.2) is 0 Å². The van der Waals surface area contributed by atoms with Gasteiger partial charge >= 0.3 is 0 Å². The summed E-state index contributed by atoms with van der Waals surface area (Å²) in [5.74, 6) is 0.373. The first-order valence-corrected chi connectivity index (χ1v) is 6.92. The van der Waals surface area contributed by atoms with E-state index in [4.69, 9.17) is 0 Å². The molecule has 0 spiro atoms. The van der Waals surface area contributed by atoms with E-state index < -0.39 is 0 Å². The lowest BCUT2D eigenvalue weighted by Crippen LogP contribution is -2.47. The highest BCUT2D eigenvalue weighted by molar-refractivity contribution is 5.79. The molecule has 0 radical (unpaired) electrons. The topological polar surface area (TPSA) is 44.4 Å². The summed E-state index contributed by atoms with van der Waals surface area (Å²) < 4.78 is 0. The fraction of sp³-hybridized carbons (Fsp3) is 0.923. The van der Waals surface area contributed by atoms with Crippen LogP contribution in [0.25, 0.3) is 0 Å². The van der Waals surface area contributed by atoms with Gasteiger partial charge in [-0.2, -0.15) is 0 Å². The van der Waals surface area contributed by atoms with Gasteiger partial charge in [0.1, 0.15) is 0 Å². The smallest absolute Gasteiger partial charge is 0.224 e. The lowest BCUT2D eigenvalue weighted by molar-refractivity contribution is -0.126. The van der Waals surface area contributed by atoms with Crippen molar-refractivity contribution in [1.29, 1.82) is 0 Å². The molecule has 1 heterocycles. The third-order valence-electron chi connectivity index (χ3n) is 3.72. The minimum atomic E-state index is 0.153. The molecule has 2 atom stereocenters. The van der Waals surface area contributed by atoms with E-state index in [2.05, 4.69) is 36.3 Å². The van der Waals surface area contributed by atoms with Crippen molar-refractivity contribution in [3.63, 3.8) is 0 Å². The molecule has 2 N–H and O–H groups in total. The van der Waals surface area contributed by atoms with Crippen molar-refractivity contribution in [2.24, 2.45) is 5.92 Å². The van der Waals surface area contributed by atoms with Gasteiger partial charge in [-0.25, -0.2) is 0 Å². The first-order valence-electron chi connectivity index (χ1n) is 6.92. The summed E-state index contributed by atoms with van der Waals surface area (Å²) in [6, 6.07) is 0.317. The van der Waals surface area contributed by atoms with E-state index in [1.807, 2.05) is 0 Å². The molecule has 0 unspecified atom stereocenters. The van der Waals surface area contributed by atoms with Gasteiger partial charge in [-0.05, 0) is 39.4 Å². The van der Waals surface area contributed by atoms with Crippen LogP contribution in [0.3, 0.4) is 0 Å². The van der Waals surface area contributed by atoms with Crippen LogP contribution in [0.4, 0.5) is 0 Å². The number of likely N-dealkylation sites (N-methyl/N-ethyl adjacent to an activating group) is 1. The molecule has 0 saturated carbocycles. The van der Waals surface area contributed by atoms with Crippen molar-refractivity contribution in [2.45, 2.75) is 39.7 Å². The van der Waals surface area contributed by atoms with Crippen molar-refractivity contribution in [3.05, 3.63) is 0 Å². The van der Waals surface area contributed by atoms with E-state index in [9.17, 15) is 4.79 Å². The second kappa shape index (κ2) is 7.67. The molecule has 4 heteroatoms. The Morgan fingerprint density at radius 2 is 2.12 bits per heavy atom. The second-order valence-corrected chi connectivity index (χ2v) is 4.81.